The van der Waals surface area contributed by atoms with E-state index in [1.807, 2.05) is 0 Å². The standard InChI is InChI=1S/C13H17FN2O2/c14-9-3-5-10(6-4-9)18-11-2-1-7-13(16,8-11)12(15)17/h3-6,11H,1-2,7-8,16H2,(H2,15,17). The van der Waals surface area contributed by atoms with Gasteiger partial charge in [-0.15, -0.1) is 0 Å². The first kappa shape index (κ1) is 12.8. The Morgan fingerprint density at radius 3 is 2.67 bits per heavy atom. The number of carbonyl (C=O) groups is 1. The van der Waals surface area contributed by atoms with Crippen molar-refractivity contribution < 1.29 is 13.9 Å². The summed E-state index contributed by atoms with van der Waals surface area (Å²) in [6.45, 7) is 0. The average molecular weight is 252 g/mol. The molecule has 18 heavy (non-hydrogen) atoms. The molecule has 1 aromatic carbocycles. The Bertz CT molecular complexity index is 435. The first-order valence-electron chi connectivity index (χ1n) is 6.01. The SMILES string of the molecule is NC(=O)C1(N)CCCC(Oc2ccc(F)cc2)C1. The van der Waals surface area contributed by atoms with Gasteiger partial charge in [-0.05, 0) is 43.5 Å². The highest BCUT2D eigenvalue weighted by atomic mass is 19.1. The van der Waals surface area contributed by atoms with Crippen molar-refractivity contribution in [3.63, 3.8) is 0 Å². The lowest BCUT2D eigenvalue weighted by Crippen LogP contribution is -2.56. The van der Waals surface area contributed by atoms with Gasteiger partial charge in [0.05, 0.1) is 5.54 Å². The molecule has 4 nitrogen and oxygen atoms in total. The van der Waals surface area contributed by atoms with Crippen LogP contribution in [-0.4, -0.2) is 17.6 Å². The van der Waals surface area contributed by atoms with E-state index in [9.17, 15) is 9.18 Å². The Hall–Kier alpha value is -1.62. The molecule has 0 spiro atoms. The molecule has 1 saturated carbocycles. The molecule has 0 bridgehead atoms. The number of amides is 1. The lowest BCUT2D eigenvalue weighted by atomic mass is 9.80. The van der Waals surface area contributed by atoms with Crippen LogP contribution >= 0.6 is 0 Å². The Morgan fingerprint density at radius 1 is 1.39 bits per heavy atom. The summed E-state index contributed by atoms with van der Waals surface area (Å²) >= 11 is 0. The van der Waals surface area contributed by atoms with E-state index in [0.29, 0.717) is 18.6 Å². The van der Waals surface area contributed by atoms with E-state index in [2.05, 4.69) is 0 Å². The second-order valence-corrected chi connectivity index (χ2v) is 4.81. The van der Waals surface area contributed by atoms with Crippen LogP contribution in [0.3, 0.4) is 0 Å². The summed E-state index contributed by atoms with van der Waals surface area (Å²) in [6.07, 6.45) is 2.46. The largest absolute Gasteiger partial charge is 0.490 e. The Labute approximate surface area is 105 Å². The van der Waals surface area contributed by atoms with Gasteiger partial charge >= 0.3 is 0 Å². The number of primary amides is 1. The summed E-state index contributed by atoms with van der Waals surface area (Å²) in [5, 5.41) is 0. The minimum atomic E-state index is -0.983. The molecule has 98 valence electrons. The lowest BCUT2D eigenvalue weighted by molar-refractivity contribution is -0.125. The summed E-state index contributed by atoms with van der Waals surface area (Å²) in [7, 11) is 0. The van der Waals surface area contributed by atoms with E-state index in [1.165, 1.54) is 12.1 Å². The van der Waals surface area contributed by atoms with Crippen molar-refractivity contribution in [3.05, 3.63) is 30.1 Å². The summed E-state index contributed by atoms with van der Waals surface area (Å²) in [5.41, 5.74) is 10.3. The zero-order valence-corrected chi connectivity index (χ0v) is 10.1. The van der Waals surface area contributed by atoms with Crippen molar-refractivity contribution in [3.8, 4) is 5.75 Å². The maximum atomic E-state index is 12.8. The molecule has 1 aliphatic rings. The zero-order chi connectivity index (χ0) is 13.2. The van der Waals surface area contributed by atoms with E-state index in [1.54, 1.807) is 12.1 Å². The lowest BCUT2D eigenvalue weighted by Gasteiger charge is -2.35. The van der Waals surface area contributed by atoms with Crippen molar-refractivity contribution in [1.29, 1.82) is 0 Å². The quantitative estimate of drug-likeness (QED) is 0.851. The van der Waals surface area contributed by atoms with Gasteiger partial charge in [0.2, 0.25) is 5.91 Å². The molecule has 1 amide bonds. The van der Waals surface area contributed by atoms with Crippen molar-refractivity contribution in [1.82, 2.24) is 0 Å². The van der Waals surface area contributed by atoms with Crippen LogP contribution in [0.25, 0.3) is 0 Å². The first-order chi connectivity index (χ1) is 8.49. The van der Waals surface area contributed by atoms with Gasteiger partial charge in [0.25, 0.3) is 0 Å². The van der Waals surface area contributed by atoms with Gasteiger partial charge in [0.1, 0.15) is 17.7 Å². The van der Waals surface area contributed by atoms with Crippen molar-refractivity contribution >= 4 is 5.91 Å². The molecule has 0 aromatic heterocycles. The van der Waals surface area contributed by atoms with E-state index < -0.39 is 11.4 Å². The number of hydrogen-bond donors (Lipinski definition) is 2. The zero-order valence-electron chi connectivity index (χ0n) is 10.1. The predicted molar refractivity (Wildman–Crippen MR) is 65.4 cm³/mol. The van der Waals surface area contributed by atoms with Crippen LogP contribution in [0.15, 0.2) is 24.3 Å². The number of benzene rings is 1. The molecule has 5 heteroatoms. The molecule has 2 unspecified atom stereocenters. The number of rotatable bonds is 3. The summed E-state index contributed by atoms with van der Waals surface area (Å²) < 4.78 is 18.5. The molecule has 0 aliphatic heterocycles. The van der Waals surface area contributed by atoms with Crippen molar-refractivity contribution in [2.24, 2.45) is 11.5 Å². The highest BCUT2D eigenvalue weighted by Crippen LogP contribution is 2.29. The van der Waals surface area contributed by atoms with E-state index >= 15 is 0 Å². The average Bonchev–Trinajstić information content (AvgIpc) is 2.32. The topological polar surface area (TPSA) is 78.3 Å². The van der Waals surface area contributed by atoms with Gasteiger partial charge in [-0.2, -0.15) is 0 Å². The molecular formula is C13H17FN2O2. The molecule has 1 fully saturated rings. The molecule has 1 aromatic rings. The second-order valence-electron chi connectivity index (χ2n) is 4.81. The van der Waals surface area contributed by atoms with E-state index in [-0.39, 0.29) is 11.9 Å². The van der Waals surface area contributed by atoms with Crippen LogP contribution in [0.1, 0.15) is 25.7 Å². The third-order valence-corrected chi connectivity index (χ3v) is 3.35. The van der Waals surface area contributed by atoms with Crippen LogP contribution in [-0.2, 0) is 4.79 Å². The second kappa shape index (κ2) is 4.94. The van der Waals surface area contributed by atoms with Gasteiger partial charge in [-0.3, -0.25) is 4.79 Å². The molecule has 4 N–H and O–H groups in total. The Kier molecular flexibility index (Phi) is 3.52. The number of carbonyl (C=O) groups excluding carboxylic acids is 1. The van der Waals surface area contributed by atoms with Crippen LogP contribution < -0.4 is 16.2 Å². The molecule has 0 saturated heterocycles. The summed E-state index contributed by atoms with van der Waals surface area (Å²) in [6, 6.07) is 5.79. The fourth-order valence-electron chi connectivity index (χ4n) is 2.29. The van der Waals surface area contributed by atoms with Crippen LogP contribution in [0, 0.1) is 5.82 Å². The van der Waals surface area contributed by atoms with E-state index in [4.69, 9.17) is 16.2 Å². The molecule has 1 aliphatic carbocycles. The Morgan fingerprint density at radius 2 is 2.06 bits per heavy atom. The maximum absolute atomic E-state index is 12.8. The minimum Gasteiger partial charge on any atom is -0.490 e. The third-order valence-electron chi connectivity index (χ3n) is 3.35. The van der Waals surface area contributed by atoms with Crippen molar-refractivity contribution in [2.75, 3.05) is 0 Å². The Balaban J connectivity index is 2.02. The molecular weight excluding hydrogens is 235 g/mol. The van der Waals surface area contributed by atoms with Crippen LogP contribution in [0.2, 0.25) is 0 Å². The number of hydrogen-bond acceptors (Lipinski definition) is 3. The van der Waals surface area contributed by atoms with E-state index in [0.717, 1.165) is 12.8 Å². The number of ether oxygens (including phenoxy) is 1. The van der Waals surface area contributed by atoms with Crippen molar-refractivity contribution in [2.45, 2.75) is 37.3 Å². The van der Waals surface area contributed by atoms with Gasteiger partial charge in [0, 0.05) is 6.42 Å². The van der Waals surface area contributed by atoms with Gasteiger partial charge in [0.15, 0.2) is 0 Å². The molecule has 0 heterocycles. The normalized spacial score (nSPS) is 27.8. The smallest absolute Gasteiger partial charge is 0.237 e. The first-order valence-corrected chi connectivity index (χ1v) is 6.01. The maximum Gasteiger partial charge on any atom is 0.237 e. The highest BCUT2D eigenvalue weighted by Gasteiger charge is 2.38. The number of nitrogens with two attached hydrogens (primary N) is 2. The van der Waals surface area contributed by atoms with Gasteiger partial charge < -0.3 is 16.2 Å². The summed E-state index contributed by atoms with van der Waals surface area (Å²) in [4.78, 5) is 11.3. The molecule has 2 rings (SSSR count). The van der Waals surface area contributed by atoms with Gasteiger partial charge in [-0.25, -0.2) is 4.39 Å². The molecule has 2 atom stereocenters. The minimum absolute atomic E-state index is 0.151. The van der Waals surface area contributed by atoms with Crippen LogP contribution in [0.5, 0.6) is 5.75 Å². The monoisotopic (exact) mass is 252 g/mol. The molecule has 0 radical (unpaired) electrons. The predicted octanol–water partition coefficient (Wildman–Crippen LogP) is 1.33. The van der Waals surface area contributed by atoms with Crippen LogP contribution in [0.4, 0.5) is 4.39 Å². The fraction of sp³-hybridized carbons (Fsp3) is 0.462. The highest BCUT2D eigenvalue weighted by molar-refractivity contribution is 5.84. The summed E-state index contributed by atoms with van der Waals surface area (Å²) in [5.74, 6) is -0.221. The fourth-order valence-corrected chi connectivity index (χ4v) is 2.29. The number of halogens is 1. The third kappa shape index (κ3) is 2.79. The van der Waals surface area contributed by atoms with Gasteiger partial charge in [-0.1, -0.05) is 0 Å².